The number of hydrazine groups is 1. The van der Waals surface area contributed by atoms with Crippen molar-refractivity contribution in [3.8, 4) is 5.69 Å². The smallest absolute Gasteiger partial charge is 0.322 e. The van der Waals surface area contributed by atoms with E-state index < -0.39 is 17.5 Å². The van der Waals surface area contributed by atoms with E-state index in [4.69, 9.17) is 0 Å². The van der Waals surface area contributed by atoms with Crippen LogP contribution in [0.5, 0.6) is 0 Å². The first kappa shape index (κ1) is 20.5. The first-order valence-corrected chi connectivity index (χ1v) is 11.1. The van der Waals surface area contributed by atoms with Gasteiger partial charge in [0.1, 0.15) is 5.54 Å². The number of aromatic nitrogens is 2. The summed E-state index contributed by atoms with van der Waals surface area (Å²) in [7, 11) is 0. The minimum Gasteiger partial charge on any atom is -0.322 e. The molecule has 2 aromatic rings. The molecule has 1 spiro atoms. The Morgan fingerprint density at radius 1 is 1.30 bits per heavy atom. The minimum absolute atomic E-state index is 0.0317. The summed E-state index contributed by atoms with van der Waals surface area (Å²) in [4.78, 5) is 42.0. The van der Waals surface area contributed by atoms with Gasteiger partial charge in [-0.15, -0.1) is 0 Å². The van der Waals surface area contributed by atoms with Crippen LogP contribution in [0.3, 0.4) is 0 Å². The van der Waals surface area contributed by atoms with E-state index in [0.29, 0.717) is 23.9 Å². The van der Waals surface area contributed by atoms with Crippen molar-refractivity contribution < 1.29 is 14.4 Å². The Hall–Kier alpha value is -2.81. The molecule has 2 fully saturated rings. The molecule has 4 rings (SSSR count). The molecule has 4 amide bonds. The molecule has 1 aromatic carbocycles. The molecule has 9 heteroatoms. The van der Waals surface area contributed by atoms with Gasteiger partial charge in [-0.2, -0.15) is 5.01 Å². The van der Waals surface area contributed by atoms with Crippen molar-refractivity contribution in [2.45, 2.75) is 50.2 Å². The third-order valence-corrected chi connectivity index (χ3v) is 6.81. The van der Waals surface area contributed by atoms with Gasteiger partial charge >= 0.3 is 6.03 Å². The lowest BCUT2D eigenvalue weighted by atomic mass is 9.77. The van der Waals surface area contributed by atoms with Gasteiger partial charge in [0.2, 0.25) is 5.91 Å². The van der Waals surface area contributed by atoms with Gasteiger partial charge in [0.25, 0.3) is 5.91 Å². The van der Waals surface area contributed by atoms with Gasteiger partial charge in [-0.05, 0) is 50.2 Å². The SMILES string of the molecule is Cc1ccccc1-n1ccnc1SCC(=O)NN1C(=O)NC2(CCC(C)CC2)C1=O. The topological polar surface area (TPSA) is 96.3 Å². The van der Waals surface area contributed by atoms with Gasteiger partial charge in [-0.25, -0.2) is 9.78 Å². The number of nitrogens with one attached hydrogen (secondary N) is 2. The van der Waals surface area contributed by atoms with Crippen molar-refractivity contribution in [1.29, 1.82) is 0 Å². The van der Waals surface area contributed by atoms with Crippen LogP contribution in [0.4, 0.5) is 4.79 Å². The molecule has 30 heavy (non-hydrogen) atoms. The summed E-state index contributed by atoms with van der Waals surface area (Å²) in [6.45, 7) is 4.15. The third-order valence-electron chi connectivity index (χ3n) is 5.84. The number of aryl methyl sites for hydroxylation is 1. The molecule has 1 aliphatic carbocycles. The van der Waals surface area contributed by atoms with Crippen LogP contribution in [0.25, 0.3) is 5.69 Å². The van der Waals surface area contributed by atoms with Gasteiger partial charge in [-0.1, -0.05) is 36.9 Å². The van der Waals surface area contributed by atoms with Crippen LogP contribution in [-0.4, -0.2) is 43.7 Å². The molecule has 8 nitrogen and oxygen atoms in total. The number of imidazole rings is 1. The van der Waals surface area contributed by atoms with E-state index in [1.165, 1.54) is 11.8 Å². The van der Waals surface area contributed by atoms with Gasteiger partial charge in [-0.3, -0.25) is 19.6 Å². The highest BCUT2D eigenvalue weighted by atomic mass is 32.2. The second-order valence-electron chi connectivity index (χ2n) is 8.03. The molecule has 1 aliphatic heterocycles. The largest absolute Gasteiger partial charge is 0.344 e. The summed E-state index contributed by atoms with van der Waals surface area (Å²) in [5, 5.41) is 4.30. The van der Waals surface area contributed by atoms with E-state index in [9.17, 15) is 14.4 Å². The average molecular weight is 428 g/mol. The van der Waals surface area contributed by atoms with Crippen molar-refractivity contribution >= 4 is 29.6 Å². The van der Waals surface area contributed by atoms with E-state index in [0.717, 1.165) is 29.1 Å². The number of amides is 4. The number of para-hydroxylation sites is 1. The van der Waals surface area contributed by atoms with E-state index in [-0.39, 0.29) is 11.7 Å². The quantitative estimate of drug-likeness (QED) is 0.565. The van der Waals surface area contributed by atoms with Crippen molar-refractivity contribution in [2.24, 2.45) is 5.92 Å². The predicted molar refractivity (Wildman–Crippen MR) is 113 cm³/mol. The number of rotatable bonds is 5. The third kappa shape index (κ3) is 3.81. The van der Waals surface area contributed by atoms with Crippen LogP contribution >= 0.6 is 11.8 Å². The molecule has 0 radical (unpaired) electrons. The normalized spacial score (nSPS) is 23.7. The number of imide groups is 1. The van der Waals surface area contributed by atoms with E-state index in [1.54, 1.807) is 6.20 Å². The Morgan fingerprint density at radius 2 is 2.03 bits per heavy atom. The Labute approximate surface area is 179 Å². The Bertz CT molecular complexity index is 981. The maximum Gasteiger partial charge on any atom is 0.344 e. The van der Waals surface area contributed by atoms with E-state index >= 15 is 0 Å². The molecule has 158 valence electrons. The zero-order valence-electron chi connectivity index (χ0n) is 17.1. The van der Waals surface area contributed by atoms with Crippen LogP contribution in [0.15, 0.2) is 41.8 Å². The second-order valence-corrected chi connectivity index (χ2v) is 8.97. The highest BCUT2D eigenvalue weighted by molar-refractivity contribution is 7.99. The molecular weight excluding hydrogens is 402 g/mol. The van der Waals surface area contributed by atoms with Gasteiger partial charge in [0.15, 0.2) is 5.16 Å². The molecule has 0 bridgehead atoms. The standard InChI is InChI=1S/C21H25N5O3S/c1-14-7-9-21(10-8-14)18(28)26(19(29)23-21)24-17(27)13-30-20-22-11-12-25(20)16-6-4-3-5-15(16)2/h3-6,11-12,14H,7-10,13H2,1-2H3,(H,23,29)(H,24,27). The molecule has 2 aliphatic rings. The number of hydrogen-bond acceptors (Lipinski definition) is 5. The zero-order chi connectivity index (χ0) is 21.3. The lowest BCUT2D eigenvalue weighted by Gasteiger charge is -2.33. The number of carbonyl (C=O) groups excluding carboxylic acids is 3. The number of hydrogen-bond donors (Lipinski definition) is 2. The molecule has 2 N–H and O–H groups in total. The molecular formula is C21H25N5O3S. The molecule has 2 heterocycles. The molecule has 1 saturated heterocycles. The van der Waals surface area contributed by atoms with Crippen LogP contribution in [0, 0.1) is 12.8 Å². The fraction of sp³-hybridized carbons (Fsp3) is 0.429. The number of urea groups is 1. The molecule has 0 atom stereocenters. The van der Waals surface area contributed by atoms with Gasteiger partial charge < -0.3 is 5.32 Å². The summed E-state index contributed by atoms with van der Waals surface area (Å²) in [6.07, 6.45) is 6.49. The Kier molecular flexibility index (Phi) is 5.55. The average Bonchev–Trinajstić information content (AvgIpc) is 3.28. The van der Waals surface area contributed by atoms with Crippen LogP contribution < -0.4 is 10.7 Å². The van der Waals surface area contributed by atoms with Crippen LogP contribution in [-0.2, 0) is 9.59 Å². The van der Waals surface area contributed by atoms with Gasteiger partial charge in [0.05, 0.1) is 11.4 Å². The van der Waals surface area contributed by atoms with E-state index in [1.807, 2.05) is 42.0 Å². The highest BCUT2D eigenvalue weighted by Gasteiger charge is 2.52. The highest BCUT2D eigenvalue weighted by Crippen LogP contribution is 2.35. The maximum absolute atomic E-state index is 12.8. The number of benzene rings is 1. The monoisotopic (exact) mass is 427 g/mol. The minimum atomic E-state index is -0.870. The van der Waals surface area contributed by atoms with Crippen molar-refractivity contribution in [2.75, 3.05) is 5.75 Å². The number of carbonyl (C=O) groups is 3. The first-order chi connectivity index (χ1) is 14.4. The van der Waals surface area contributed by atoms with Crippen molar-refractivity contribution in [1.82, 2.24) is 25.3 Å². The zero-order valence-corrected chi connectivity index (χ0v) is 17.9. The molecule has 1 saturated carbocycles. The van der Waals surface area contributed by atoms with Gasteiger partial charge in [0, 0.05) is 12.4 Å². The molecule has 0 unspecified atom stereocenters. The first-order valence-electron chi connectivity index (χ1n) is 10.1. The lowest BCUT2D eigenvalue weighted by Crippen LogP contribution is -2.51. The van der Waals surface area contributed by atoms with Crippen LogP contribution in [0.1, 0.15) is 38.2 Å². The summed E-state index contributed by atoms with van der Waals surface area (Å²) in [5.74, 6) is -0.218. The summed E-state index contributed by atoms with van der Waals surface area (Å²) < 4.78 is 1.92. The Balaban J connectivity index is 1.38. The fourth-order valence-corrected chi connectivity index (χ4v) is 4.77. The summed E-state index contributed by atoms with van der Waals surface area (Å²) in [5.41, 5.74) is 3.68. The Morgan fingerprint density at radius 3 is 2.77 bits per heavy atom. The van der Waals surface area contributed by atoms with Crippen molar-refractivity contribution in [3.05, 3.63) is 42.2 Å². The fourth-order valence-electron chi connectivity index (χ4n) is 4.02. The van der Waals surface area contributed by atoms with Crippen LogP contribution in [0.2, 0.25) is 0 Å². The molecule has 1 aromatic heterocycles. The van der Waals surface area contributed by atoms with Crippen molar-refractivity contribution in [3.63, 3.8) is 0 Å². The maximum atomic E-state index is 12.8. The summed E-state index contributed by atoms with van der Waals surface area (Å²) in [6, 6.07) is 7.35. The second kappa shape index (κ2) is 8.14. The number of nitrogens with zero attached hydrogens (tertiary/aromatic N) is 3. The van der Waals surface area contributed by atoms with E-state index in [2.05, 4.69) is 22.7 Å². The lowest BCUT2D eigenvalue weighted by molar-refractivity contribution is -0.139. The summed E-state index contributed by atoms with van der Waals surface area (Å²) >= 11 is 1.25. The predicted octanol–water partition coefficient (Wildman–Crippen LogP) is 2.80. The number of thioether (sulfide) groups is 1.